The van der Waals surface area contributed by atoms with Crippen molar-refractivity contribution in [1.82, 2.24) is 14.9 Å². The molecule has 1 aliphatic carbocycles. The van der Waals surface area contributed by atoms with Crippen LogP contribution in [0.3, 0.4) is 0 Å². The lowest BCUT2D eigenvalue weighted by Crippen LogP contribution is -2.48. The van der Waals surface area contributed by atoms with Crippen LogP contribution in [-0.4, -0.2) is 66.5 Å². The monoisotopic (exact) mass is 600 g/mol. The third kappa shape index (κ3) is 8.10. The second-order valence-electron chi connectivity index (χ2n) is 13.0. The molecule has 2 aliphatic rings. The van der Waals surface area contributed by atoms with Gasteiger partial charge in [-0.3, -0.25) is 9.97 Å². The van der Waals surface area contributed by atoms with Gasteiger partial charge in [0.25, 0.3) is 0 Å². The van der Waals surface area contributed by atoms with Gasteiger partial charge in [0, 0.05) is 57.1 Å². The van der Waals surface area contributed by atoms with Crippen LogP contribution in [0.25, 0.3) is 17.3 Å². The van der Waals surface area contributed by atoms with Crippen molar-refractivity contribution in [2.24, 2.45) is 5.92 Å². The van der Waals surface area contributed by atoms with Crippen molar-refractivity contribution in [3.05, 3.63) is 83.3 Å². The number of amides is 1. The number of pyridine rings is 2. The predicted molar refractivity (Wildman–Crippen MR) is 174 cm³/mol. The van der Waals surface area contributed by atoms with Crippen molar-refractivity contribution >= 4 is 25.9 Å². The average Bonchev–Trinajstić information content (AvgIpc) is 3.41. The molecule has 3 heterocycles. The van der Waals surface area contributed by atoms with E-state index in [1.54, 1.807) is 0 Å². The summed E-state index contributed by atoms with van der Waals surface area (Å²) in [6.07, 6.45) is 6.81. The van der Waals surface area contributed by atoms with Crippen LogP contribution in [0.5, 0.6) is 0 Å². The molecule has 1 fully saturated rings. The topological polar surface area (TPSA) is 96.8 Å². The molecule has 1 aliphatic heterocycles. The molecule has 1 saturated heterocycles. The first-order valence-corrected chi connectivity index (χ1v) is 19.0. The standard InChI is InChI=1S/C34H44N4O4Si/c1-24-17-28(20-38(19-24)34(40)42-22-25-9-6-5-7-10-25)37-33-29-14-13-26(23-41-15-16-43(2,3)4)32(29)35-18-30(33)31-12-8-11-27(21-39)36-31/h5-14,18,24,26,28,39H,15-17,19-23H2,1-4H3,(H,35,37)/t24-,26?,28+/m0/s1. The number of rotatable bonds is 11. The minimum atomic E-state index is -1.17. The van der Waals surface area contributed by atoms with E-state index < -0.39 is 8.07 Å². The largest absolute Gasteiger partial charge is 0.445 e. The zero-order valence-corrected chi connectivity index (χ0v) is 26.8. The fraction of sp³-hybridized carbons (Fsp3) is 0.441. The molecule has 8 nitrogen and oxygen atoms in total. The number of ether oxygens (including phenoxy) is 2. The Morgan fingerprint density at radius 3 is 2.70 bits per heavy atom. The van der Waals surface area contributed by atoms with E-state index in [2.05, 4.69) is 44.0 Å². The summed E-state index contributed by atoms with van der Waals surface area (Å²) >= 11 is 0. The molecular formula is C34H44N4O4Si. The first-order valence-electron chi connectivity index (χ1n) is 15.3. The van der Waals surface area contributed by atoms with Crippen LogP contribution < -0.4 is 5.32 Å². The number of benzene rings is 1. The molecule has 3 aromatic rings. The van der Waals surface area contributed by atoms with E-state index in [0.29, 0.717) is 31.3 Å². The number of likely N-dealkylation sites (tertiary alicyclic amines) is 1. The molecule has 3 atom stereocenters. The number of anilines is 1. The van der Waals surface area contributed by atoms with Gasteiger partial charge in [-0.2, -0.15) is 0 Å². The van der Waals surface area contributed by atoms with Crippen molar-refractivity contribution in [2.45, 2.75) is 64.2 Å². The molecule has 0 bridgehead atoms. The lowest BCUT2D eigenvalue weighted by molar-refractivity contribution is 0.0784. The minimum absolute atomic E-state index is 0.0137. The highest BCUT2D eigenvalue weighted by molar-refractivity contribution is 6.76. The zero-order chi connectivity index (χ0) is 30.4. The number of hydrogen-bond donors (Lipinski definition) is 2. The lowest BCUT2D eigenvalue weighted by atomic mass is 9.94. The molecule has 0 radical (unpaired) electrons. The molecule has 0 spiro atoms. The Bertz CT molecular complexity index is 1430. The van der Waals surface area contributed by atoms with E-state index in [1.807, 2.05) is 59.6 Å². The molecule has 1 amide bonds. The maximum absolute atomic E-state index is 13.1. The van der Waals surface area contributed by atoms with Crippen molar-refractivity contribution in [2.75, 3.05) is 31.6 Å². The van der Waals surface area contributed by atoms with Gasteiger partial charge in [0.2, 0.25) is 0 Å². The number of piperidine rings is 1. The lowest BCUT2D eigenvalue weighted by Gasteiger charge is -2.37. The Morgan fingerprint density at radius 2 is 1.93 bits per heavy atom. The molecule has 228 valence electrons. The van der Waals surface area contributed by atoms with E-state index in [-0.39, 0.29) is 31.3 Å². The quantitative estimate of drug-likeness (QED) is 0.190. The summed E-state index contributed by atoms with van der Waals surface area (Å²) in [5, 5.41) is 13.5. The van der Waals surface area contributed by atoms with Crippen molar-refractivity contribution < 1.29 is 19.4 Å². The maximum atomic E-state index is 13.1. The molecule has 9 heteroatoms. The summed E-state index contributed by atoms with van der Waals surface area (Å²) in [6.45, 7) is 11.9. The number of aliphatic hydroxyl groups is 1. The summed E-state index contributed by atoms with van der Waals surface area (Å²) in [4.78, 5) is 24.5. The van der Waals surface area contributed by atoms with Crippen LogP contribution in [-0.2, 0) is 22.7 Å². The summed E-state index contributed by atoms with van der Waals surface area (Å²) in [5.74, 6) is 0.380. The van der Waals surface area contributed by atoms with Gasteiger partial charge < -0.3 is 24.8 Å². The maximum Gasteiger partial charge on any atom is 0.410 e. The van der Waals surface area contributed by atoms with Gasteiger partial charge in [0.1, 0.15) is 6.61 Å². The Morgan fingerprint density at radius 1 is 1.12 bits per heavy atom. The van der Waals surface area contributed by atoms with Crippen molar-refractivity contribution in [1.29, 1.82) is 0 Å². The molecule has 2 N–H and O–H groups in total. The summed E-state index contributed by atoms with van der Waals surface area (Å²) in [7, 11) is -1.17. The fourth-order valence-corrected chi connectivity index (χ4v) is 6.48. The molecule has 1 unspecified atom stereocenters. The number of carbonyl (C=O) groups is 1. The van der Waals surface area contributed by atoms with Gasteiger partial charge in [-0.05, 0) is 36.1 Å². The Balaban J connectivity index is 1.36. The number of nitrogens with zero attached hydrogens (tertiary/aromatic N) is 3. The normalized spacial score (nSPS) is 19.7. The smallest absolute Gasteiger partial charge is 0.410 e. The van der Waals surface area contributed by atoms with Gasteiger partial charge in [0.05, 0.1) is 36.0 Å². The summed E-state index contributed by atoms with van der Waals surface area (Å²) in [5.41, 5.74) is 6.16. The van der Waals surface area contributed by atoms with Crippen LogP contribution in [0.15, 0.2) is 60.8 Å². The van der Waals surface area contributed by atoms with Gasteiger partial charge in [-0.1, -0.05) is 75.1 Å². The molecule has 5 rings (SSSR count). The Hall–Kier alpha value is -3.53. The zero-order valence-electron chi connectivity index (χ0n) is 25.8. The van der Waals surface area contributed by atoms with Gasteiger partial charge in [0.15, 0.2) is 0 Å². The number of fused-ring (bicyclic) bond motifs is 1. The minimum Gasteiger partial charge on any atom is -0.445 e. The van der Waals surface area contributed by atoms with E-state index in [0.717, 1.165) is 52.8 Å². The van der Waals surface area contributed by atoms with Gasteiger partial charge in [-0.25, -0.2) is 4.79 Å². The molecule has 0 saturated carbocycles. The van der Waals surface area contributed by atoms with E-state index in [4.69, 9.17) is 19.4 Å². The summed E-state index contributed by atoms with van der Waals surface area (Å²) < 4.78 is 11.8. The second kappa shape index (κ2) is 13.8. The van der Waals surface area contributed by atoms with Crippen LogP contribution in [0.2, 0.25) is 25.7 Å². The highest BCUT2D eigenvalue weighted by Gasteiger charge is 2.31. The first kappa shape index (κ1) is 30.9. The van der Waals surface area contributed by atoms with Gasteiger partial charge >= 0.3 is 6.09 Å². The van der Waals surface area contributed by atoms with Crippen LogP contribution in [0.1, 0.15) is 41.8 Å². The third-order valence-electron chi connectivity index (χ3n) is 8.00. The SMILES string of the molecule is C[C@H]1C[C@@H](Nc2c(-c3cccc(CO)n3)cnc3c2C=CC3COCC[Si](C)(C)C)CN(C(=O)OCc2ccccc2)C1. The molecule has 1 aromatic carbocycles. The van der Waals surface area contributed by atoms with Crippen LogP contribution >= 0.6 is 0 Å². The van der Waals surface area contributed by atoms with Gasteiger partial charge in [-0.15, -0.1) is 0 Å². The first-order chi connectivity index (χ1) is 20.7. The van der Waals surface area contributed by atoms with E-state index in [9.17, 15) is 9.90 Å². The third-order valence-corrected chi connectivity index (χ3v) is 9.71. The number of nitrogens with one attached hydrogen (secondary N) is 1. The fourth-order valence-electron chi connectivity index (χ4n) is 5.72. The van der Waals surface area contributed by atoms with Crippen LogP contribution in [0, 0.1) is 5.92 Å². The van der Waals surface area contributed by atoms with E-state index in [1.165, 1.54) is 0 Å². The predicted octanol–water partition coefficient (Wildman–Crippen LogP) is 6.56. The summed E-state index contributed by atoms with van der Waals surface area (Å²) in [6, 6.07) is 16.6. The molecular weight excluding hydrogens is 556 g/mol. The van der Waals surface area contributed by atoms with Crippen LogP contribution in [0.4, 0.5) is 10.5 Å². The Kier molecular flexibility index (Phi) is 9.95. The highest BCUT2D eigenvalue weighted by atomic mass is 28.3. The highest BCUT2D eigenvalue weighted by Crippen LogP contribution is 2.40. The van der Waals surface area contributed by atoms with E-state index >= 15 is 0 Å². The molecule has 2 aromatic heterocycles. The number of hydrogen-bond acceptors (Lipinski definition) is 7. The average molecular weight is 601 g/mol. The number of aromatic nitrogens is 2. The Labute approximate surface area is 256 Å². The number of aliphatic hydroxyl groups excluding tert-OH is 1. The number of carbonyl (C=O) groups excluding carboxylic acids is 1. The molecule has 43 heavy (non-hydrogen) atoms. The van der Waals surface area contributed by atoms with Crippen molar-refractivity contribution in [3.8, 4) is 11.3 Å². The second-order valence-corrected chi connectivity index (χ2v) is 18.6. The van der Waals surface area contributed by atoms with Crippen molar-refractivity contribution in [3.63, 3.8) is 0 Å².